The quantitative estimate of drug-likeness (QED) is 0.681. The van der Waals surface area contributed by atoms with Crippen molar-refractivity contribution in [1.82, 2.24) is 0 Å². The predicted octanol–water partition coefficient (Wildman–Crippen LogP) is 3.02. The summed E-state index contributed by atoms with van der Waals surface area (Å²) in [5, 5.41) is 9.99. The number of rotatable bonds is 2. The smallest absolute Gasteiger partial charge is 0.308 e. The number of fused-ring (bicyclic) bond motifs is 1. The molecule has 0 fully saturated rings. The summed E-state index contributed by atoms with van der Waals surface area (Å²) in [5.74, 6) is -0.597. The molecule has 0 spiro atoms. The van der Waals surface area contributed by atoms with E-state index in [2.05, 4.69) is 0 Å². The van der Waals surface area contributed by atoms with Crippen LogP contribution in [0.3, 0.4) is 0 Å². The zero-order valence-corrected chi connectivity index (χ0v) is 11.9. The van der Waals surface area contributed by atoms with E-state index >= 15 is 0 Å². The van der Waals surface area contributed by atoms with Gasteiger partial charge in [-0.2, -0.15) is 0 Å². The number of carbonyl (C=O) groups excluding carboxylic acids is 2. The van der Waals surface area contributed by atoms with E-state index in [-0.39, 0.29) is 35.0 Å². The van der Waals surface area contributed by atoms with Crippen molar-refractivity contribution < 1.29 is 24.2 Å². The highest BCUT2D eigenvalue weighted by atomic mass is 16.5. The van der Waals surface area contributed by atoms with Crippen LogP contribution in [0.15, 0.2) is 42.5 Å². The fourth-order valence-electron chi connectivity index (χ4n) is 2.49. The fourth-order valence-corrected chi connectivity index (χ4v) is 2.49. The van der Waals surface area contributed by atoms with Gasteiger partial charge in [0.1, 0.15) is 28.9 Å². The second-order valence-electron chi connectivity index (χ2n) is 5.05. The van der Waals surface area contributed by atoms with Crippen LogP contribution in [-0.4, -0.2) is 16.9 Å². The first-order valence-corrected chi connectivity index (χ1v) is 6.85. The normalized spacial score (nSPS) is 16.6. The number of Topliss-reactive ketones (excluding diaryl/α,β-unsaturated/α-hetero) is 1. The molecule has 0 unspecified atom stereocenters. The molecule has 2 aromatic carbocycles. The van der Waals surface area contributed by atoms with Gasteiger partial charge >= 0.3 is 5.97 Å². The number of ketones is 1. The Morgan fingerprint density at radius 1 is 1.27 bits per heavy atom. The molecular weight excluding hydrogens is 284 g/mol. The Kier molecular flexibility index (Phi) is 3.55. The molecule has 5 nitrogen and oxygen atoms in total. The van der Waals surface area contributed by atoms with E-state index in [1.807, 2.05) is 30.3 Å². The Labute approximate surface area is 127 Å². The van der Waals surface area contributed by atoms with Gasteiger partial charge in [-0.05, 0) is 5.56 Å². The molecule has 3 rings (SSSR count). The molecular formula is C17H14O5. The molecule has 0 radical (unpaired) electrons. The summed E-state index contributed by atoms with van der Waals surface area (Å²) in [6.45, 7) is 1.26. The second-order valence-corrected chi connectivity index (χ2v) is 5.05. The Morgan fingerprint density at radius 2 is 2.00 bits per heavy atom. The van der Waals surface area contributed by atoms with Gasteiger partial charge in [0, 0.05) is 19.1 Å². The number of hydrogen-bond acceptors (Lipinski definition) is 5. The number of carbonyl (C=O) groups is 2. The number of benzene rings is 2. The van der Waals surface area contributed by atoms with E-state index in [9.17, 15) is 14.7 Å². The van der Waals surface area contributed by atoms with Crippen LogP contribution >= 0.6 is 0 Å². The molecule has 1 atom stereocenters. The van der Waals surface area contributed by atoms with Gasteiger partial charge in [-0.3, -0.25) is 9.59 Å². The number of aromatic hydroxyl groups is 1. The van der Waals surface area contributed by atoms with Crippen LogP contribution in [0.2, 0.25) is 0 Å². The van der Waals surface area contributed by atoms with Crippen LogP contribution < -0.4 is 9.47 Å². The Morgan fingerprint density at radius 3 is 2.68 bits per heavy atom. The lowest BCUT2D eigenvalue weighted by Crippen LogP contribution is -2.20. The maximum absolute atomic E-state index is 12.3. The van der Waals surface area contributed by atoms with Gasteiger partial charge in [0.15, 0.2) is 5.78 Å². The van der Waals surface area contributed by atoms with Gasteiger partial charge < -0.3 is 14.6 Å². The van der Waals surface area contributed by atoms with Crippen molar-refractivity contribution in [3.05, 3.63) is 53.6 Å². The Balaban J connectivity index is 1.99. The largest absolute Gasteiger partial charge is 0.507 e. The zero-order valence-electron chi connectivity index (χ0n) is 11.9. The van der Waals surface area contributed by atoms with Crippen LogP contribution in [0.4, 0.5) is 0 Å². The molecule has 5 heteroatoms. The molecule has 1 aliphatic heterocycles. The molecule has 1 aliphatic rings. The third-order valence-corrected chi connectivity index (χ3v) is 3.41. The number of phenolic OH excluding ortho intramolecular Hbond substituents is 1. The number of ether oxygens (including phenoxy) is 2. The van der Waals surface area contributed by atoms with Gasteiger partial charge in [0.25, 0.3) is 0 Å². The first-order chi connectivity index (χ1) is 10.5. The van der Waals surface area contributed by atoms with E-state index in [1.54, 1.807) is 0 Å². The van der Waals surface area contributed by atoms with Crippen molar-refractivity contribution in [2.24, 2.45) is 0 Å². The predicted molar refractivity (Wildman–Crippen MR) is 78.2 cm³/mol. The summed E-state index contributed by atoms with van der Waals surface area (Å²) in [4.78, 5) is 23.3. The summed E-state index contributed by atoms with van der Waals surface area (Å²) < 4.78 is 10.8. The molecule has 2 aromatic rings. The molecule has 22 heavy (non-hydrogen) atoms. The van der Waals surface area contributed by atoms with Crippen molar-refractivity contribution in [3.8, 4) is 17.2 Å². The monoisotopic (exact) mass is 298 g/mol. The number of hydrogen-bond donors (Lipinski definition) is 1. The maximum atomic E-state index is 12.3. The third kappa shape index (κ3) is 2.65. The van der Waals surface area contributed by atoms with E-state index < -0.39 is 12.1 Å². The minimum absolute atomic E-state index is 0.128. The molecule has 1 heterocycles. The lowest BCUT2D eigenvalue weighted by Gasteiger charge is -2.26. The van der Waals surface area contributed by atoms with Gasteiger partial charge in [-0.15, -0.1) is 0 Å². The maximum Gasteiger partial charge on any atom is 0.308 e. The Hall–Kier alpha value is -2.82. The van der Waals surface area contributed by atoms with E-state index in [0.717, 1.165) is 5.56 Å². The second kappa shape index (κ2) is 5.52. The molecule has 0 aromatic heterocycles. The minimum atomic E-state index is -0.513. The third-order valence-electron chi connectivity index (χ3n) is 3.41. The molecule has 0 aliphatic carbocycles. The average Bonchev–Trinajstić information content (AvgIpc) is 2.46. The van der Waals surface area contributed by atoms with Crippen LogP contribution in [0.25, 0.3) is 0 Å². The van der Waals surface area contributed by atoms with E-state index in [4.69, 9.17) is 9.47 Å². The summed E-state index contributed by atoms with van der Waals surface area (Å²) in [7, 11) is 0. The standard InChI is InChI=1S/C17H14O5/c1-10(18)21-12-7-13(19)17-14(20)9-15(22-16(17)8-12)11-5-3-2-4-6-11/h2-8,15,19H,9H2,1H3/t15-/m0/s1. The van der Waals surface area contributed by atoms with Crippen LogP contribution in [0.5, 0.6) is 17.2 Å². The lowest BCUT2D eigenvalue weighted by molar-refractivity contribution is -0.131. The summed E-state index contributed by atoms with van der Waals surface area (Å²) in [6.07, 6.45) is -0.273. The number of phenols is 1. The highest BCUT2D eigenvalue weighted by Gasteiger charge is 2.30. The SMILES string of the molecule is CC(=O)Oc1cc(O)c2c(c1)O[C@H](c1ccccc1)CC2=O. The molecule has 0 saturated carbocycles. The van der Waals surface area contributed by atoms with Crippen molar-refractivity contribution in [2.75, 3.05) is 0 Å². The van der Waals surface area contributed by atoms with Crippen molar-refractivity contribution in [1.29, 1.82) is 0 Å². The van der Waals surface area contributed by atoms with Gasteiger partial charge in [0.05, 0.1) is 6.42 Å². The highest BCUT2D eigenvalue weighted by molar-refractivity contribution is 6.02. The average molecular weight is 298 g/mol. The molecule has 1 N–H and O–H groups in total. The van der Waals surface area contributed by atoms with Crippen molar-refractivity contribution >= 4 is 11.8 Å². The van der Waals surface area contributed by atoms with Gasteiger partial charge in [-0.1, -0.05) is 30.3 Å². The lowest BCUT2D eigenvalue weighted by atomic mass is 9.95. The van der Waals surface area contributed by atoms with Crippen LogP contribution in [0, 0.1) is 0 Å². The fraction of sp³-hybridized carbons (Fsp3) is 0.176. The Bertz CT molecular complexity index is 736. The van der Waals surface area contributed by atoms with Crippen molar-refractivity contribution in [3.63, 3.8) is 0 Å². The zero-order chi connectivity index (χ0) is 15.7. The topological polar surface area (TPSA) is 72.8 Å². The van der Waals surface area contributed by atoms with Crippen LogP contribution in [-0.2, 0) is 4.79 Å². The summed E-state index contributed by atoms with van der Waals surface area (Å²) >= 11 is 0. The van der Waals surface area contributed by atoms with E-state index in [1.165, 1.54) is 19.1 Å². The molecule has 0 amide bonds. The minimum Gasteiger partial charge on any atom is -0.507 e. The summed E-state index contributed by atoms with van der Waals surface area (Å²) in [5.41, 5.74) is 1.00. The molecule has 0 saturated heterocycles. The van der Waals surface area contributed by atoms with Crippen LogP contribution in [0.1, 0.15) is 35.4 Å². The highest BCUT2D eigenvalue weighted by Crippen LogP contribution is 2.41. The first-order valence-electron chi connectivity index (χ1n) is 6.85. The molecule has 112 valence electrons. The number of esters is 1. The van der Waals surface area contributed by atoms with E-state index in [0.29, 0.717) is 0 Å². The molecule has 0 bridgehead atoms. The van der Waals surface area contributed by atoms with Gasteiger partial charge in [-0.25, -0.2) is 0 Å². The van der Waals surface area contributed by atoms with Gasteiger partial charge in [0.2, 0.25) is 0 Å². The van der Waals surface area contributed by atoms with Crippen molar-refractivity contribution in [2.45, 2.75) is 19.4 Å². The first kappa shape index (κ1) is 14.1. The summed E-state index contributed by atoms with van der Waals surface area (Å²) in [6, 6.07) is 12.1.